The van der Waals surface area contributed by atoms with Gasteiger partial charge in [0.05, 0.1) is 26.0 Å². The van der Waals surface area contributed by atoms with E-state index >= 15 is 0 Å². The normalized spacial score (nSPS) is 10.7. The maximum atomic E-state index is 13.0. The Kier molecular flexibility index (Phi) is 8.92. The third-order valence-corrected chi connectivity index (χ3v) is 5.83. The second-order valence-electron chi connectivity index (χ2n) is 8.34. The Morgan fingerprint density at radius 1 is 0.872 bits per heavy atom. The van der Waals surface area contributed by atoms with Crippen LogP contribution in [0.4, 0.5) is 0 Å². The quantitative estimate of drug-likeness (QED) is 0.0937. The lowest BCUT2D eigenvalue weighted by molar-refractivity contribution is -0.123. The largest absolute Gasteiger partial charge is 0.493 e. The molecule has 0 aliphatic rings. The van der Waals surface area contributed by atoms with Gasteiger partial charge in [0.15, 0.2) is 18.1 Å². The lowest BCUT2D eigenvalue weighted by atomic mass is 10.0. The van der Waals surface area contributed by atoms with Crippen LogP contribution in [0.3, 0.4) is 0 Å². The number of nitrogens with one attached hydrogen (secondary N) is 1. The molecule has 4 aromatic rings. The van der Waals surface area contributed by atoms with Gasteiger partial charge in [0.2, 0.25) is 0 Å². The van der Waals surface area contributed by atoms with Crippen LogP contribution in [-0.2, 0) is 11.2 Å². The summed E-state index contributed by atoms with van der Waals surface area (Å²) in [4.78, 5) is 25.4. The monoisotopic (exact) mass is 524 g/mol. The zero-order valence-corrected chi connectivity index (χ0v) is 21.7. The first kappa shape index (κ1) is 26.9. The molecule has 39 heavy (non-hydrogen) atoms. The van der Waals surface area contributed by atoms with E-state index < -0.39 is 11.9 Å². The summed E-state index contributed by atoms with van der Waals surface area (Å²) >= 11 is 0. The van der Waals surface area contributed by atoms with Crippen LogP contribution in [0.25, 0.3) is 10.8 Å². The van der Waals surface area contributed by atoms with Gasteiger partial charge in [0.25, 0.3) is 5.91 Å². The van der Waals surface area contributed by atoms with Crippen molar-refractivity contribution in [2.24, 2.45) is 5.10 Å². The topological polar surface area (TPSA) is 95.5 Å². The third kappa shape index (κ3) is 6.61. The van der Waals surface area contributed by atoms with Crippen LogP contribution in [0.1, 0.15) is 21.5 Å². The number of para-hydroxylation sites is 1. The molecule has 1 amide bonds. The number of carbonyl (C=O) groups is 2. The molecule has 0 aromatic heterocycles. The van der Waals surface area contributed by atoms with Crippen molar-refractivity contribution in [3.8, 4) is 23.0 Å². The third-order valence-electron chi connectivity index (χ3n) is 5.83. The van der Waals surface area contributed by atoms with Gasteiger partial charge in [0, 0.05) is 5.56 Å². The van der Waals surface area contributed by atoms with Gasteiger partial charge in [-0.25, -0.2) is 10.2 Å². The highest BCUT2D eigenvalue weighted by Gasteiger charge is 2.16. The first-order valence-electron chi connectivity index (χ1n) is 12.1. The highest BCUT2D eigenvalue weighted by molar-refractivity contribution is 6.04. The van der Waals surface area contributed by atoms with E-state index in [1.165, 1.54) is 20.4 Å². The van der Waals surface area contributed by atoms with E-state index in [-0.39, 0.29) is 17.9 Å². The van der Waals surface area contributed by atoms with E-state index in [2.05, 4.69) is 17.1 Å². The summed E-state index contributed by atoms with van der Waals surface area (Å²) in [6.07, 6.45) is 3.84. The minimum atomic E-state index is -0.587. The van der Waals surface area contributed by atoms with Crippen molar-refractivity contribution in [2.45, 2.75) is 6.42 Å². The Morgan fingerprint density at radius 3 is 2.41 bits per heavy atom. The molecule has 8 heteroatoms. The van der Waals surface area contributed by atoms with Crippen LogP contribution in [0.15, 0.2) is 96.6 Å². The lowest BCUT2D eigenvalue weighted by Crippen LogP contribution is -2.25. The number of methoxy groups -OCH3 is 2. The summed E-state index contributed by atoms with van der Waals surface area (Å²) in [7, 11) is 3.01. The molecule has 1 N–H and O–H groups in total. The summed E-state index contributed by atoms with van der Waals surface area (Å²) in [6.45, 7) is 3.52. The average molecular weight is 525 g/mol. The van der Waals surface area contributed by atoms with Gasteiger partial charge in [-0.1, -0.05) is 54.6 Å². The van der Waals surface area contributed by atoms with Crippen molar-refractivity contribution in [2.75, 3.05) is 20.8 Å². The van der Waals surface area contributed by atoms with E-state index in [4.69, 9.17) is 18.9 Å². The van der Waals surface area contributed by atoms with Crippen molar-refractivity contribution in [3.63, 3.8) is 0 Å². The first-order chi connectivity index (χ1) is 19.0. The van der Waals surface area contributed by atoms with Crippen LogP contribution in [0.5, 0.6) is 23.0 Å². The molecule has 0 radical (unpaired) electrons. The second-order valence-corrected chi connectivity index (χ2v) is 8.34. The number of allylic oxidation sites excluding steroid dienone is 1. The predicted molar refractivity (Wildman–Crippen MR) is 150 cm³/mol. The summed E-state index contributed by atoms with van der Waals surface area (Å²) in [5, 5.41) is 5.81. The molecule has 0 saturated heterocycles. The lowest BCUT2D eigenvalue weighted by Gasteiger charge is -2.12. The summed E-state index contributed by atoms with van der Waals surface area (Å²) in [5.41, 5.74) is 4.21. The molecule has 0 spiro atoms. The number of esters is 1. The second kappa shape index (κ2) is 12.9. The van der Waals surface area contributed by atoms with Gasteiger partial charge in [-0.05, 0) is 53.1 Å². The maximum Gasteiger partial charge on any atom is 0.343 e. The number of rotatable bonds is 11. The molecule has 0 fully saturated rings. The zero-order valence-electron chi connectivity index (χ0n) is 21.7. The standard InChI is InChI=1S/C31H28N2O6/c1-4-9-22-11-6-8-13-26(22)38-20-30(34)33-32-19-25-24-12-7-5-10-21(24)14-16-27(25)39-31(35)23-15-17-28(36-2)29(18-23)37-3/h4-8,10-19H,1,9,20H2,2-3H3,(H,33,34)/b32-19+. The SMILES string of the molecule is C=CCc1ccccc1OCC(=O)N/N=C/c1c(OC(=O)c2ccc(OC)c(OC)c2)ccc2ccccc12. The predicted octanol–water partition coefficient (Wildman–Crippen LogP) is 5.33. The van der Waals surface area contributed by atoms with Crippen molar-refractivity contribution in [3.05, 3.63) is 108 Å². The van der Waals surface area contributed by atoms with E-state index in [1.807, 2.05) is 48.5 Å². The number of hydrogen-bond donors (Lipinski definition) is 1. The number of carbonyl (C=O) groups excluding carboxylic acids is 2. The molecule has 4 aromatic carbocycles. The van der Waals surface area contributed by atoms with E-state index in [0.717, 1.165) is 16.3 Å². The van der Waals surface area contributed by atoms with Gasteiger partial charge < -0.3 is 18.9 Å². The molecule has 4 rings (SSSR count). The van der Waals surface area contributed by atoms with Crippen LogP contribution in [0.2, 0.25) is 0 Å². The molecular formula is C31H28N2O6. The fourth-order valence-corrected chi connectivity index (χ4v) is 3.93. The molecule has 0 aliphatic carbocycles. The van der Waals surface area contributed by atoms with Crippen LogP contribution in [0, 0.1) is 0 Å². The molecule has 8 nitrogen and oxygen atoms in total. The highest BCUT2D eigenvalue weighted by Crippen LogP contribution is 2.30. The highest BCUT2D eigenvalue weighted by atomic mass is 16.5. The Morgan fingerprint density at radius 2 is 1.62 bits per heavy atom. The van der Waals surface area contributed by atoms with Crippen molar-refractivity contribution in [1.29, 1.82) is 0 Å². The van der Waals surface area contributed by atoms with E-state index in [1.54, 1.807) is 36.4 Å². The first-order valence-corrected chi connectivity index (χ1v) is 12.1. The molecule has 0 unspecified atom stereocenters. The Hall–Kier alpha value is -5.11. The van der Waals surface area contributed by atoms with E-state index in [9.17, 15) is 9.59 Å². The van der Waals surface area contributed by atoms with Gasteiger partial charge in [-0.3, -0.25) is 4.79 Å². The molecular weight excluding hydrogens is 496 g/mol. The number of amides is 1. The van der Waals surface area contributed by atoms with Crippen LogP contribution >= 0.6 is 0 Å². The number of fused-ring (bicyclic) bond motifs is 1. The fraction of sp³-hybridized carbons (Fsp3) is 0.129. The van der Waals surface area contributed by atoms with Gasteiger partial charge in [-0.15, -0.1) is 6.58 Å². The molecule has 0 bridgehead atoms. The Labute approximate surface area is 226 Å². The number of hydrazone groups is 1. The van der Waals surface area contributed by atoms with Crippen LogP contribution < -0.4 is 24.4 Å². The Bertz CT molecular complexity index is 1530. The van der Waals surface area contributed by atoms with Gasteiger partial charge in [-0.2, -0.15) is 5.10 Å². The Balaban J connectivity index is 1.51. The minimum absolute atomic E-state index is 0.220. The number of nitrogens with zero attached hydrogens (tertiary/aromatic N) is 1. The van der Waals surface area contributed by atoms with Crippen LogP contribution in [-0.4, -0.2) is 38.9 Å². The average Bonchev–Trinajstić information content (AvgIpc) is 2.97. The number of ether oxygens (including phenoxy) is 4. The smallest absolute Gasteiger partial charge is 0.343 e. The minimum Gasteiger partial charge on any atom is -0.493 e. The van der Waals surface area contributed by atoms with E-state index in [0.29, 0.717) is 29.2 Å². The summed E-state index contributed by atoms with van der Waals surface area (Å²) < 4.78 is 21.9. The van der Waals surface area contributed by atoms with Crippen molar-refractivity contribution >= 4 is 28.9 Å². The molecule has 0 aliphatic heterocycles. The summed E-state index contributed by atoms with van der Waals surface area (Å²) in [6, 6.07) is 23.3. The maximum absolute atomic E-state index is 13.0. The van der Waals surface area contributed by atoms with Crippen molar-refractivity contribution < 1.29 is 28.5 Å². The fourth-order valence-electron chi connectivity index (χ4n) is 3.93. The van der Waals surface area contributed by atoms with Gasteiger partial charge >= 0.3 is 5.97 Å². The summed E-state index contributed by atoms with van der Waals surface area (Å²) in [5.74, 6) is 0.761. The molecule has 0 heterocycles. The zero-order chi connectivity index (χ0) is 27.6. The van der Waals surface area contributed by atoms with Crippen molar-refractivity contribution in [1.82, 2.24) is 5.43 Å². The number of benzene rings is 4. The van der Waals surface area contributed by atoms with Gasteiger partial charge in [0.1, 0.15) is 11.5 Å². The molecule has 0 saturated carbocycles. The molecule has 0 atom stereocenters. The molecule has 198 valence electrons. The number of hydrogen-bond acceptors (Lipinski definition) is 7.